The minimum absolute atomic E-state index is 0. The molecule has 0 aliphatic carbocycles. The van der Waals surface area contributed by atoms with Crippen molar-refractivity contribution in [1.29, 1.82) is 0 Å². The second-order valence-electron chi connectivity index (χ2n) is 1.13. The van der Waals surface area contributed by atoms with Crippen LogP contribution < -0.4 is 11.9 Å². The molecule has 0 spiro atoms. The van der Waals surface area contributed by atoms with E-state index >= 15 is 0 Å². The van der Waals surface area contributed by atoms with Gasteiger partial charge in [0, 0.05) is 6.15 Å². The maximum absolute atomic E-state index is 9.65. The number of aliphatic carboxylic acids is 1. The van der Waals surface area contributed by atoms with Gasteiger partial charge in [-0.3, -0.25) is 4.79 Å². The summed E-state index contributed by atoms with van der Waals surface area (Å²) in [5.74, 6) is -1.18. The molecular formula is C3H7N2O3. The highest BCUT2D eigenvalue weighted by molar-refractivity contribution is 5.73. The van der Waals surface area contributed by atoms with Crippen molar-refractivity contribution in [2.24, 2.45) is 5.73 Å². The lowest BCUT2D eigenvalue weighted by Gasteiger charge is -1.96. The molecule has 0 rings (SSSR count). The highest BCUT2D eigenvalue weighted by atomic mass is 16.4. The van der Waals surface area contributed by atoms with Gasteiger partial charge in [-0.05, 0) is 0 Å². The van der Waals surface area contributed by atoms with Crippen molar-refractivity contribution in [3.63, 3.8) is 0 Å². The molecule has 0 aromatic heterocycles. The number of nitrogens with zero attached hydrogens (tertiary/aromatic N) is 1. The molecule has 0 heterocycles. The van der Waals surface area contributed by atoms with E-state index < -0.39 is 18.6 Å². The summed E-state index contributed by atoms with van der Waals surface area (Å²) in [6.45, 7) is -0.505. The summed E-state index contributed by atoms with van der Waals surface area (Å²) < 4.78 is 0. The number of aliphatic hydroxyl groups excluding tert-OH is 1. The molecule has 47 valence electrons. The first-order chi connectivity index (χ1) is 3.18. The summed E-state index contributed by atoms with van der Waals surface area (Å²) in [7, 11) is 0. The zero-order valence-corrected chi connectivity index (χ0v) is 4.11. The van der Waals surface area contributed by atoms with E-state index in [-0.39, 0.29) is 6.15 Å². The number of carbonyl (C=O) groups is 1. The molecule has 0 saturated heterocycles. The first kappa shape index (κ1) is 10.4. The molecule has 5 heteroatoms. The number of carboxylic acids is 1. The molecule has 3 radical (unpaired) electrons. The predicted molar refractivity (Wildman–Crippen MR) is 24.8 cm³/mol. The van der Waals surface area contributed by atoms with Gasteiger partial charge in [-0.1, -0.05) is 0 Å². The number of carboxylic acid groups (broad SMARTS) is 1. The number of hydrogen-bond donors (Lipinski definition) is 3. The van der Waals surface area contributed by atoms with E-state index in [0.717, 1.165) is 0 Å². The SMILES string of the molecule is N[C@@H](CO)C(=O)O.[N]. The molecule has 0 aliphatic rings. The third-order valence-corrected chi connectivity index (χ3v) is 0.514. The molecule has 8 heavy (non-hydrogen) atoms. The van der Waals surface area contributed by atoms with Crippen LogP contribution in [0.3, 0.4) is 0 Å². The van der Waals surface area contributed by atoms with Gasteiger partial charge in [-0.2, -0.15) is 0 Å². The fourth-order valence-corrected chi connectivity index (χ4v) is 0.0781. The Labute approximate surface area is 46.7 Å². The van der Waals surface area contributed by atoms with E-state index in [1.807, 2.05) is 0 Å². The van der Waals surface area contributed by atoms with Crippen LogP contribution in [0.4, 0.5) is 0 Å². The van der Waals surface area contributed by atoms with Crippen molar-refractivity contribution in [2.75, 3.05) is 6.61 Å². The second kappa shape index (κ2) is 4.51. The Bertz CT molecular complexity index is 74.9. The maximum atomic E-state index is 9.65. The average Bonchev–Trinajstić information content (AvgIpc) is 1.65. The molecule has 1 atom stereocenters. The van der Waals surface area contributed by atoms with Gasteiger partial charge in [0.15, 0.2) is 0 Å². The molecule has 0 aliphatic heterocycles. The smallest absolute Gasteiger partial charge is 0.322 e. The van der Waals surface area contributed by atoms with Crippen LogP contribution >= 0.6 is 0 Å². The van der Waals surface area contributed by atoms with Gasteiger partial charge < -0.3 is 15.9 Å². The summed E-state index contributed by atoms with van der Waals surface area (Å²) in [5, 5.41) is 15.9. The van der Waals surface area contributed by atoms with Gasteiger partial charge in [0.25, 0.3) is 0 Å². The lowest BCUT2D eigenvalue weighted by Crippen LogP contribution is -2.33. The molecule has 0 amide bonds. The zero-order valence-electron chi connectivity index (χ0n) is 4.11. The molecule has 0 fully saturated rings. The number of rotatable bonds is 2. The second-order valence-corrected chi connectivity index (χ2v) is 1.13. The van der Waals surface area contributed by atoms with Crippen molar-refractivity contribution in [3.8, 4) is 0 Å². The van der Waals surface area contributed by atoms with Gasteiger partial charge in [0.05, 0.1) is 6.61 Å². The molecule has 0 aromatic carbocycles. The van der Waals surface area contributed by atoms with Gasteiger partial charge in [0.2, 0.25) is 0 Å². The first-order valence-electron chi connectivity index (χ1n) is 1.77. The van der Waals surface area contributed by atoms with Crippen LogP contribution in [0.25, 0.3) is 0 Å². The van der Waals surface area contributed by atoms with Gasteiger partial charge in [0.1, 0.15) is 6.04 Å². The zero-order chi connectivity index (χ0) is 5.86. The summed E-state index contributed by atoms with van der Waals surface area (Å²) in [4.78, 5) is 9.65. The van der Waals surface area contributed by atoms with Crippen molar-refractivity contribution < 1.29 is 15.0 Å². The van der Waals surface area contributed by atoms with Crippen LogP contribution in [0.2, 0.25) is 0 Å². The highest BCUT2D eigenvalue weighted by Gasteiger charge is 2.06. The van der Waals surface area contributed by atoms with Gasteiger partial charge in [-0.25, -0.2) is 0 Å². The molecule has 0 aromatic rings. The fraction of sp³-hybridized carbons (Fsp3) is 0.667. The van der Waals surface area contributed by atoms with E-state index in [1.165, 1.54) is 0 Å². The minimum Gasteiger partial charge on any atom is -0.480 e. The van der Waals surface area contributed by atoms with E-state index in [2.05, 4.69) is 0 Å². The lowest BCUT2D eigenvalue weighted by molar-refractivity contribution is -0.139. The third-order valence-electron chi connectivity index (χ3n) is 0.514. The Hall–Kier alpha value is -0.650. The fourth-order valence-electron chi connectivity index (χ4n) is 0.0781. The minimum atomic E-state index is -1.18. The van der Waals surface area contributed by atoms with Crippen LogP contribution in [-0.2, 0) is 4.79 Å². The van der Waals surface area contributed by atoms with E-state index in [1.54, 1.807) is 0 Å². The highest BCUT2D eigenvalue weighted by Crippen LogP contribution is 1.71. The Balaban J connectivity index is 0. The van der Waals surface area contributed by atoms with Crippen molar-refractivity contribution in [2.45, 2.75) is 6.04 Å². The van der Waals surface area contributed by atoms with Crippen LogP contribution in [0.1, 0.15) is 0 Å². The Kier molecular flexibility index (Phi) is 5.83. The van der Waals surface area contributed by atoms with Crippen molar-refractivity contribution in [1.82, 2.24) is 6.15 Å². The molecule has 0 bridgehead atoms. The van der Waals surface area contributed by atoms with Crippen molar-refractivity contribution in [3.05, 3.63) is 0 Å². The standard InChI is InChI=1S/C3H7NO3.N/c4-2(1-5)3(6)7;/h2,5H,1,4H2,(H,6,7);/t2-;/m0./s1. The van der Waals surface area contributed by atoms with Gasteiger partial charge in [-0.15, -0.1) is 0 Å². The average molecular weight is 119 g/mol. The molecule has 5 nitrogen and oxygen atoms in total. The summed E-state index contributed by atoms with van der Waals surface area (Å²) in [6, 6.07) is -1.13. The van der Waals surface area contributed by atoms with Crippen LogP contribution in [0.15, 0.2) is 0 Å². The molecule has 0 unspecified atom stereocenters. The normalized spacial score (nSPS) is 11.8. The Morgan fingerprint density at radius 2 is 2.12 bits per heavy atom. The summed E-state index contributed by atoms with van der Waals surface area (Å²) >= 11 is 0. The topological polar surface area (TPSA) is 114 Å². The predicted octanol–water partition coefficient (Wildman–Crippen LogP) is -2.09. The lowest BCUT2D eigenvalue weighted by atomic mass is 10.3. The van der Waals surface area contributed by atoms with Gasteiger partial charge >= 0.3 is 5.97 Å². The van der Waals surface area contributed by atoms with Crippen LogP contribution in [-0.4, -0.2) is 28.8 Å². The van der Waals surface area contributed by atoms with E-state index in [9.17, 15) is 4.79 Å². The monoisotopic (exact) mass is 119 g/mol. The summed E-state index contributed by atoms with van der Waals surface area (Å²) in [5.41, 5.74) is 4.77. The Morgan fingerprint density at radius 3 is 2.12 bits per heavy atom. The van der Waals surface area contributed by atoms with Crippen LogP contribution in [0, 0.1) is 0 Å². The number of nitrogens with two attached hydrogens (primary N) is 1. The van der Waals surface area contributed by atoms with E-state index in [4.69, 9.17) is 15.9 Å². The first-order valence-corrected chi connectivity index (χ1v) is 1.77. The van der Waals surface area contributed by atoms with E-state index in [0.29, 0.717) is 0 Å². The number of aliphatic hydroxyl groups is 1. The molecule has 4 N–H and O–H groups in total. The quantitative estimate of drug-likeness (QED) is 0.386. The third kappa shape index (κ3) is 3.54. The molecular weight excluding hydrogens is 112 g/mol. The molecule has 0 saturated carbocycles. The largest absolute Gasteiger partial charge is 0.480 e. The van der Waals surface area contributed by atoms with Crippen molar-refractivity contribution >= 4 is 5.97 Å². The number of hydrogen-bond acceptors (Lipinski definition) is 3. The maximum Gasteiger partial charge on any atom is 0.322 e. The summed E-state index contributed by atoms with van der Waals surface area (Å²) in [6.07, 6.45) is 0. The van der Waals surface area contributed by atoms with Crippen LogP contribution in [0.5, 0.6) is 0 Å². The Morgan fingerprint density at radius 1 is 1.75 bits per heavy atom.